The fourth-order valence-electron chi connectivity index (χ4n) is 0.748. The Bertz CT molecular complexity index is 395. The summed E-state index contributed by atoms with van der Waals surface area (Å²) < 4.78 is 12.9. The van der Waals surface area contributed by atoms with E-state index in [4.69, 9.17) is 0 Å². The van der Waals surface area contributed by atoms with Gasteiger partial charge in [-0.15, -0.1) is 0 Å². The van der Waals surface area contributed by atoms with Crippen molar-refractivity contribution in [2.45, 2.75) is 6.92 Å². The molecule has 4 heteroatoms. The van der Waals surface area contributed by atoms with E-state index >= 15 is 0 Å². The molecule has 1 aromatic heterocycles. The van der Waals surface area contributed by atoms with Crippen LogP contribution in [-0.2, 0) is 4.79 Å². The Morgan fingerprint density at radius 2 is 2.50 bits per heavy atom. The molecule has 0 saturated carbocycles. The standard InChI is InChI=1S/C10H8FNOS/c1-8(13)14-7-3-5-9-4-2-6-12-10(9)11/h2,4,6H,7H2,1H3. The van der Waals surface area contributed by atoms with Gasteiger partial charge in [0.25, 0.3) is 0 Å². The van der Waals surface area contributed by atoms with Gasteiger partial charge in [0.2, 0.25) is 5.95 Å². The number of halogens is 1. The van der Waals surface area contributed by atoms with Crippen molar-refractivity contribution in [1.29, 1.82) is 0 Å². The van der Waals surface area contributed by atoms with Crippen molar-refractivity contribution >= 4 is 16.9 Å². The summed E-state index contributed by atoms with van der Waals surface area (Å²) in [6, 6.07) is 3.17. The Labute approximate surface area is 85.9 Å². The van der Waals surface area contributed by atoms with Gasteiger partial charge < -0.3 is 0 Å². The third-order valence-electron chi connectivity index (χ3n) is 1.33. The first kappa shape index (κ1) is 10.7. The molecule has 0 saturated heterocycles. The molecule has 1 aromatic rings. The van der Waals surface area contributed by atoms with Crippen molar-refractivity contribution < 1.29 is 9.18 Å². The average Bonchev–Trinajstić information content (AvgIpc) is 2.15. The van der Waals surface area contributed by atoms with Crippen LogP contribution in [0.3, 0.4) is 0 Å². The molecular weight excluding hydrogens is 201 g/mol. The molecule has 0 spiro atoms. The van der Waals surface area contributed by atoms with Crippen molar-refractivity contribution in [2.75, 3.05) is 5.75 Å². The van der Waals surface area contributed by atoms with Crippen LogP contribution in [0.15, 0.2) is 18.3 Å². The van der Waals surface area contributed by atoms with Crippen LogP contribution >= 0.6 is 11.8 Å². The van der Waals surface area contributed by atoms with Crippen molar-refractivity contribution in [3.63, 3.8) is 0 Å². The van der Waals surface area contributed by atoms with Crippen molar-refractivity contribution in [1.82, 2.24) is 4.98 Å². The van der Waals surface area contributed by atoms with E-state index in [0.29, 0.717) is 5.75 Å². The van der Waals surface area contributed by atoms with Gasteiger partial charge in [0.05, 0.1) is 11.3 Å². The normalized spacial score (nSPS) is 9.00. The summed E-state index contributed by atoms with van der Waals surface area (Å²) in [6.07, 6.45) is 1.37. The van der Waals surface area contributed by atoms with E-state index in [1.807, 2.05) is 0 Å². The Hall–Kier alpha value is -1.34. The minimum absolute atomic E-state index is 0.00552. The van der Waals surface area contributed by atoms with E-state index in [9.17, 15) is 9.18 Å². The summed E-state index contributed by atoms with van der Waals surface area (Å²) in [6.45, 7) is 1.47. The first-order valence-electron chi connectivity index (χ1n) is 3.93. The van der Waals surface area contributed by atoms with Crippen molar-refractivity contribution in [2.24, 2.45) is 0 Å². The molecular formula is C10H8FNOS. The van der Waals surface area contributed by atoms with Gasteiger partial charge in [-0.25, -0.2) is 4.98 Å². The monoisotopic (exact) mass is 209 g/mol. The van der Waals surface area contributed by atoms with E-state index in [-0.39, 0.29) is 10.7 Å². The number of thioether (sulfide) groups is 1. The van der Waals surface area contributed by atoms with Gasteiger partial charge in [0, 0.05) is 13.1 Å². The third-order valence-corrected chi connectivity index (χ3v) is 2.02. The zero-order chi connectivity index (χ0) is 10.4. The number of hydrogen-bond acceptors (Lipinski definition) is 3. The Kier molecular flexibility index (Phi) is 4.14. The zero-order valence-electron chi connectivity index (χ0n) is 7.58. The number of hydrogen-bond donors (Lipinski definition) is 0. The minimum atomic E-state index is -0.576. The second-order valence-electron chi connectivity index (χ2n) is 2.42. The lowest BCUT2D eigenvalue weighted by Gasteiger charge is -1.90. The van der Waals surface area contributed by atoms with Gasteiger partial charge in [0.15, 0.2) is 5.12 Å². The van der Waals surface area contributed by atoms with Crippen LogP contribution in [0.5, 0.6) is 0 Å². The topological polar surface area (TPSA) is 30.0 Å². The van der Waals surface area contributed by atoms with Crippen LogP contribution < -0.4 is 0 Å². The van der Waals surface area contributed by atoms with Crippen LogP contribution in [-0.4, -0.2) is 15.9 Å². The fraction of sp³-hybridized carbons (Fsp3) is 0.200. The van der Waals surface area contributed by atoms with Crippen LogP contribution in [0.2, 0.25) is 0 Å². The number of rotatable bonds is 1. The summed E-state index contributed by atoms with van der Waals surface area (Å²) in [5, 5.41) is 0.00552. The molecule has 0 amide bonds. The molecule has 14 heavy (non-hydrogen) atoms. The summed E-state index contributed by atoms with van der Waals surface area (Å²) in [7, 11) is 0. The van der Waals surface area contributed by atoms with Gasteiger partial charge in [0.1, 0.15) is 0 Å². The highest BCUT2D eigenvalue weighted by Crippen LogP contribution is 2.02. The van der Waals surface area contributed by atoms with E-state index in [0.717, 1.165) is 11.8 Å². The molecule has 72 valence electrons. The first-order valence-corrected chi connectivity index (χ1v) is 4.91. The van der Waals surface area contributed by atoms with E-state index in [2.05, 4.69) is 16.8 Å². The largest absolute Gasteiger partial charge is 0.288 e. The lowest BCUT2D eigenvalue weighted by molar-refractivity contribution is -0.109. The average molecular weight is 209 g/mol. The molecule has 0 fully saturated rings. The van der Waals surface area contributed by atoms with Crippen molar-refractivity contribution in [3.8, 4) is 11.8 Å². The zero-order valence-corrected chi connectivity index (χ0v) is 8.40. The van der Waals surface area contributed by atoms with Gasteiger partial charge in [-0.3, -0.25) is 4.79 Å². The maximum atomic E-state index is 12.9. The summed E-state index contributed by atoms with van der Waals surface area (Å²) >= 11 is 1.10. The third kappa shape index (κ3) is 3.58. The summed E-state index contributed by atoms with van der Waals surface area (Å²) in [5.41, 5.74) is 0.261. The van der Waals surface area contributed by atoms with Gasteiger partial charge in [-0.1, -0.05) is 23.6 Å². The van der Waals surface area contributed by atoms with Crippen LogP contribution in [0.1, 0.15) is 12.5 Å². The second kappa shape index (κ2) is 5.40. The molecule has 2 nitrogen and oxygen atoms in total. The molecule has 1 heterocycles. The number of pyridine rings is 1. The lowest BCUT2D eigenvalue weighted by Crippen LogP contribution is -1.87. The highest BCUT2D eigenvalue weighted by Gasteiger charge is 1.96. The summed E-state index contributed by atoms with van der Waals surface area (Å²) in [5.74, 6) is 5.10. The minimum Gasteiger partial charge on any atom is -0.288 e. The maximum Gasteiger partial charge on any atom is 0.228 e. The first-order chi connectivity index (χ1) is 6.70. The molecule has 0 radical (unpaired) electrons. The number of aromatic nitrogens is 1. The second-order valence-corrected chi connectivity index (χ2v) is 3.58. The summed E-state index contributed by atoms with van der Waals surface area (Å²) in [4.78, 5) is 14.0. The predicted molar refractivity (Wildman–Crippen MR) is 54.2 cm³/mol. The van der Waals surface area contributed by atoms with E-state index in [1.165, 1.54) is 13.1 Å². The molecule has 0 unspecified atom stereocenters. The van der Waals surface area contributed by atoms with E-state index in [1.54, 1.807) is 12.1 Å². The number of carbonyl (C=O) groups excluding carboxylic acids is 1. The Balaban J connectivity index is 2.59. The molecule has 0 N–H and O–H groups in total. The maximum absolute atomic E-state index is 12.9. The highest BCUT2D eigenvalue weighted by atomic mass is 32.2. The molecule has 0 aromatic carbocycles. The Morgan fingerprint density at radius 1 is 1.71 bits per heavy atom. The van der Waals surface area contributed by atoms with Gasteiger partial charge in [-0.05, 0) is 12.1 Å². The fourth-order valence-corrected chi connectivity index (χ4v) is 1.10. The molecule has 0 aliphatic rings. The smallest absolute Gasteiger partial charge is 0.228 e. The lowest BCUT2D eigenvalue weighted by atomic mass is 10.3. The Morgan fingerprint density at radius 3 is 3.14 bits per heavy atom. The predicted octanol–water partition coefficient (Wildman–Crippen LogP) is 1.85. The van der Waals surface area contributed by atoms with Gasteiger partial charge in [-0.2, -0.15) is 4.39 Å². The van der Waals surface area contributed by atoms with Gasteiger partial charge >= 0.3 is 0 Å². The highest BCUT2D eigenvalue weighted by molar-refractivity contribution is 8.13. The number of nitrogens with zero attached hydrogens (tertiary/aromatic N) is 1. The molecule has 0 bridgehead atoms. The van der Waals surface area contributed by atoms with Crippen LogP contribution in [0.25, 0.3) is 0 Å². The van der Waals surface area contributed by atoms with Crippen LogP contribution in [0.4, 0.5) is 4.39 Å². The SMILES string of the molecule is CC(=O)SCC#Cc1cccnc1F. The molecule has 0 aliphatic carbocycles. The molecule has 0 aliphatic heterocycles. The molecule has 0 atom stereocenters. The number of carbonyl (C=O) groups is 1. The quantitative estimate of drug-likeness (QED) is 0.522. The van der Waals surface area contributed by atoms with E-state index < -0.39 is 5.95 Å². The van der Waals surface area contributed by atoms with Crippen molar-refractivity contribution in [3.05, 3.63) is 29.8 Å². The molecule has 1 rings (SSSR count). The van der Waals surface area contributed by atoms with Crippen LogP contribution in [0, 0.1) is 17.8 Å².